The molecular weight excluding hydrogens is 481 g/mol. The summed E-state index contributed by atoms with van der Waals surface area (Å²) in [5.74, 6) is 0.122. The molecule has 5 heterocycles. The number of halogens is 2. The normalized spacial score (nSPS) is 21.7. The summed E-state index contributed by atoms with van der Waals surface area (Å²) in [6.45, 7) is 1.76. The van der Waals surface area contributed by atoms with Crippen LogP contribution in [0.4, 0.5) is 4.39 Å². The van der Waals surface area contributed by atoms with Gasteiger partial charge in [-0.3, -0.25) is 9.79 Å². The molecule has 0 bridgehead atoms. The highest BCUT2D eigenvalue weighted by Crippen LogP contribution is 2.60. The van der Waals surface area contributed by atoms with Gasteiger partial charge in [-0.1, -0.05) is 11.6 Å². The second-order valence-electron chi connectivity index (χ2n) is 9.49. The second-order valence-corrected chi connectivity index (χ2v) is 9.92. The van der Waals surface area contributed by atoms with E-state index < -0.39 is 5.95 Å². The monoisotopic (exact) mass is 499 g/mol. The lowest BCUT2D eigenvalue weighted by Crippen LogP contribution is -2.29. The molecule has 3 aromatic heterocycles. The number of aliphatic imine (C=N–C) groups is 1. The molecule has 0 amide bonds. The first-order valence-electron chi connectivity index (χ1n) is 11.7. The summed E-state index contributed by atoms with van der Waals surface area (Å²) in [5, 5.41) is 12.0. The van der Waals surface area contributed by atoms with Crippen molar-refractivity contribution in [1.29, 1.82) is 0 Å². The molecular formula is C26H19ClFN7O. The van der Waals surface area contributed by atoms with Crippen LogP contribution in [0.25, 0.3) is 22.4 Å². The van der Waals surface area contributed by atoms with Crippen molar-refractivity contribution in [2.45, 2.75) is 31.7 Å². The third kappa shape index (κ3) is 3.26. The smallest absolute Gasteiger partial charge is 0.251 e. The minimum atomic E-state index is -0.490. The van der Waals surface area contributed by atoms with E-state index in [1.165, 1.54) is 6.33 Å². The summed E-state index contributed by atoms with van der Waals surface area (Å²) >= 11 is 6.32. The van der Waals surface area contributed by atoms with Crippen LogP contribution < -0.4 is 5.56 Å². The molecule has 1 saturated carbocycles. The molecule has 3 aliphatic rings. The average Bonchev–Trinajstić information content (AvgIpc) is 3.20. The van der Waals surface area contributed by atoms with Crippen molar-refractivity contribution in [3.8, 4) is 16.8 Å². The number of rotatable bonds is 4. The van der Waals surface area contributed by atoms with Gasteiger partial charge in [0.2, 0.25) is 5.95 Å². The van der Waals surface area contributed by atoms with Crippen molar-refractivity contribution in [3.05, 3.63) is 93.3 Å². The van der Waals surface area contributed by atoms with Crippen LogP contribution in [0, 0.1) is 18.8 Å². The van der Waals surface area contributed by atoms with E-state index in [0.717, 1.165) is 40.2 Å². The number of aryl methyl sites for hydroxylation is 1. The SMILES string of the molecule is Cc1ccc(C2=CN=C(C3C4CC4c4cc(-c5cc(Cl)ccc5-n5cnnn5)cc(=O)n43)C2)c(F)n1. The lowest BCUT2D eigenvalue weighted by atomic mass is 9.98. The van der Waals surface area contributed by atoms with Crippen LogP contribution in [0.1, 0.15) is 41.8 Å². The van der Waals surface area contributed by atoms with Crippen molar-refractivity contribution in [2.24, 2.45) is 10.9 Å². The van der Waals surface area contributed by atoms with Gasteiger partial charge < -0.3 is 4.57 Å². The Hall–Kier alpha value is -3.98. The van der Waals surface area contributed by atoms with Crippen molar-refractivity contribution >= 4 is 22.9 Å². The molecule has 3 unspecified atom stereocenters. The summed E-state index contributed by atoms with van der Waals surface area (Å²) in [4.78, 5) is 22.1. The molecule has 3 atom stereocenters. The quantitative estimate of drug-likeness (QED) is 0.385. The van der Waals surface area contributed by atoms with Gasteiger partial charge in [0.1, 0.15) is 6.33 Å². The number of tetrazole rings is 1. The first kappa shape index (κ1) is 21.3. The van der Waals surface area contributed by atoms with Gasteiger partial charge in [0, 0.05) is 57.9 Å². The number of hydrogen-bond donors (Lipinski definition) is 0. The Balaban J connectivity index is 1.25. The number of fused-ring (bicyclic) bond motifs is 3. The second kappa shape index (κ2) is 7.76. The van der Waals surface area contributed by atoms with E-state index in [9.17, 15) is 9.18 Å². The van der Waals surface area contributed by atoms with E-state index in [4.69, 9.17) is 11.6 Å². The van der Waals surface area contributed by atoms with Gasteiger partial charge in [-0.05, 0) is 77.2 Å². The largest absolute Gasteiger partial charge is 0.303 e. The predicted octanol–water partition coefficient (Wildman–Crippen LogP) is 4.53. The molecule has 36 heavy (non-hydrogen) atoms. The summed E-state index contributed by atoms with van der Waals surface area (Å²) in [7, 11) is 0. The van der Waals surface area contributed by atoms with Crippen molar-refractivity contribution in [3.63, 3.8) is 0 Å². The predicted molar refractivity (Wildman–Crippen MR) is 133 cm³/mol. The molecule has 1 fully saturated rings. The summed E-state index contributed by atoms with van der Waals surface area (Å²) in [6.07, 6.45) is 4.72. The summed E-state index contributed by atoms with van der Waals surface area (Å²) < 4.78 is 17.9. The van der Waals surface area contributed by atoms with Gasteiger partial charge in [-0.25, -0.2) is 4.98 Å². The lowest BCUT2D eigenvalue weighted by Gasteiger charge is -2.20. The number of benzene rings is 1. The van der Waals surface area contributed by atoms with E-state index in [1.54, 1.807) is 42.1 Å². The van der Waals surface area contributed by atoms with Gasteiger partial charge in [-0.15, -0.1) is 5.10 Å². The van der Waals surface area contributed by atoms with Crippen molar-refractivity contribution in [2.75, 3.05) is 0 Å². The first-order valence-corrected chi connectivity index (χ1v) is 12.0. The highest BCUT2D eigenvalue weighted by atomic mass is 35.5. The zero-order valence-electron chi connectivity index (χ0n) is 19.1. The van der Waals surface area contributed by atoms with Gasteiger partial charge in [0.05, 0.1) is 11.7 Å². The molecule has 1 aromatic carbocycles. The van der Waals surface area contributed by atoms with E-state index in [-0.39, 0.29) is 11.6 Å². The van der Waals surface area contributed by atoms with Crippen LogP contribution in [-0.2, 0) is 0 Å². The first-order chi connectivity index (χ1) is 17.5. The maximum absolute atomic E-state index is 14.5. The summed E-state index contributed by atoms with van der Waals surface area (Å²) in [5.41, 5.74) is 5.95. The Morgan fingerprint density at radius 3 is 2.81 bits per heavy atom. The van der Waals surface area contributed by atoms with Gasteiger partial charge in [0.15, 0.2) is 0 Å². The fourth-order valence-corrected chi connectivity index (χ4v) is 5.77. The number of nitrogens with zero attached hydrogens (tertiary/aromatic N) is 7. The van der Waals surface area contributed by atoms with Crippen LogP contribution in [0.2, 0.25) is 5.02 Å². The molecule has 0 N–H and O–H groups in total. The highest BCUT2D eigenvalue weighted by molar-refractivity contribution is 6.31. The third-order valence-corrected chi connectivity index (χ3v) is 7.54. The van der Waals surface area contributed by atoms with E-state index >= 15 is 0 Å². The molecule has 2 aliphatic heterocycles. The van der Waals surface area contributed by atoms with Crippen LogP contribution >= 0.6 is 11.6 Å². The molecule has 1 aliphatic carbocycles. The number of allylic oxidation sites excluding steroid dienone is 1. The Bertz CT molecular complexity index is 1670. The standard InChI is InChI=1S/C26H19ClFN7O/c1-13-2-4-17(26(28)31-13)15-6-21(29-11-15)25-20-10-19(20)23-7-14(8-24(36)35(23)25)18-9-16(27)3-5-22(18)34-12-30-32-33-34/h2-5,7-9,11-12,19-20,25H,6,10H2,1H3. The molecule has 178 valence electrons. The summed E-state index contributed by atoms with van der Waals surface area (Å²) in [6, 6.07) is 12.5. The average molecular weight is 500 g/mol. The molecule has 0 saturated heterocycles. The highest BCUT2D eigenvalue weighted by Gasteiger charge is 2.54. The number of hydrogen-bond acceptors (Lipinski definition) is 6. The minimum absolute atomic E-state index is 0.0957. The Morgan fingerprint density at radius 1 is 1.11 bits per heavy atom. The molecule has 8 nitrogen and oxygen atoms in total. The topological polar surface area (TPSA) is 90.9 Å². The molecule has 0 spiro atoms. The zero-order valence-corrected chi connectivity index (χ0v) is 19.9. The minimum Gasteiger partial charge on any atom is -0.303 e. The van der Waals surface area contributed by atoms with Crippen LogP contribution in [0.3, 0.4) is 0 Å². The third-order valence-electron chi connectivity index (χ3n) is 7.30. The van der Waals surface area contributed by atoms with Crippen molar-refractivity contribution < 1.29 is 4.39 Å². The Kier molecular flexibility index (Phi) is 4.59. The molecule has 0 radical (unpaired) electrons. The Labute approximate surface area is 209 Å². The van der Waals surface area contributed by atoms with E-state index in [1.807, 2.05) is 16.7 Å². The van der Waals surface area contributed by atoms with Crippen LogP contribution in [0.15, 0.2) is 64.8 Å². The van der Waals surface area contributed by atoms with E-state index in [2.05, 4.69) is 31.6 Å². The van der Waals surface area contributed by atoms with E-state index in [0.29, 0.717) is 34.5 Å². The fraction of sp³-hybridized carbons (Fsp3) is 0.231. The Morgan fingerprint density at radius 2 is 2.00 bits per heavy atom. The molecule has 4 aromatic rings. The van der Waals surface area contributed by atoms with Gasteiger partial charge >= 0.3 is 0 Å². The zero-order chi connectivity index (χ0) is 24.6. The maximum Gasteiger partial charge on any atom is 0.251 e. The maximum atomic E-state index is 14.5. The lowest BCUT2D eigenvalue weighted by molar-refractivity contribution is 0.574. The fourth-order valence-electron chi connectivity index (χ4n) is 5.60. The van der Waals surface area contributed by atoms with Gasteiger partial charge in [0.25, 0.3) is 5.56 Å². The molecule has 7 rings (SSSR count). The number of pyridine rings is 2. The van der Waals surface area contributed by atoms with Crippen LogP contribution in [0.5, 0.6) is 0 Å². The van der Waals surface area contributed by atoms with Gasteiger partial charge in [-0.2, -0.15) is 9.07 Å². The number of aromatic nitrogens is 6. The van der Waals surface area contributed by atoms with Crippen molar-refractivity contribution in [1.82, 2.24) is 29.8 Å². The van der Waals surface area contributed by atoms with Crippen LogP contribution in [-0.4, -0.2) is 35.5 Å². The molecule has 10 heteroatoms.